The molecule has 5 unspecified atom stereocenters. The van der Waals surface area contributed by atoms with Gasteiger partial charge in [0.05, 0.1) is 30.4 Å². The molecule has 5 atom stereocenters. The van der Waals surface area contributed by atoms with E-state index in [2.05, 4.69) is 40.0 Å². The van der Waals surface area contributed by atoms with Gasteiger partial charge in [-0.2, -0.15) is 0 Å². The number of halogens is 2. The van der Waals surface area contributed by atoms with Crippen LogP contribution in [0.4, 0.5) is 4.79 Å². The fraction of sp³-hybridized carbons (Fsp3) is 0.900. The molecule has 5 rings (SSSR count). The Balaban J connectivity index is 1.53. The van der Waals surface area contributed by atoms with E-state index in [0.717, 1.165) is 76.5 Å². The van der Waals surface area contributed by atoms with Gasteiger partial charge in [0.25, 0.3) is 0 Å². The van der Waals surface area contributed by atoms with Crippen molar-refractivity contribution in [2.45, 2.75) is 125 Å². The Morgan fingerprint density at radius 2 is 1.75 bits per heavy atom. The molecule has 0 radical (unpaired) electrons. The van der Waals surface area contributed by atoms with Crippen LogP contribution in [0.5, 0.6) is 0 Å². The molecular formula is C30H48BrClN4O4. The zero-order chi connectivity index (χ0) is 28.4. The van der Waals surface area contributed by atoms with Crippen LogP contribution in [0, 0.1) is 17.8 Å². The van der Waals surface area contributed by atoms with Crippen molar-refractivity contribution in [3.05, 3.63) is 0 Å². The quantitative estimate of drug-likeness (QED) is 0.396. The normalized spacial score (nSPS) is 39.3. The summed E-state index contributed by atoms with van der Waals surface area (Å²) < 4.78 is 12.3. The third kappa shape index (κ3) is 6.84. The molecule has 3 saturated carbocycles. The van der Waals surface area contributed by atoms with Gasteiger partial charge in [-0.1, -0.05) is 15.9 Å². The molecule has 1 saturated heterocycles. The van der Waals surface area contributed by atoms with E-state index >= 15 is 0 Å². The van der Waals surface area contributed by atoms with Crippen LogP contribution in [0.25, 0.3) is 0 Å². The first-order chi connectivity index (χ1) is 19.2. The van der Waals surface area contributed by atoms with Gasteiger partial charge in [-0.05, 0) is 89.9 Å². The molecule has 226 valence electrons. The largest absolute Gasteiger partial charge is 0.381 e. The number of amidine groups is 1. The summed E-state index contributed by atoms with van der Waals surface area (Å²) in [5, 5.41) is 3.09. The minimum Gasteiger partial charge on any atom is -0.381 e. The molecule has 0 aromatic carbocycles. The van der Waals surface area contributed by atoms with Gasteiger partial charge in [-0.15, -0.1) is 11.6 Å². The maximum atomic E-state index is 14.5. The highest BCUT2D eigenvalue weighted by Gasteiger charge is 2.52. The van der Waals surface area contributed by atoms with Crippen LogP contribution >= 0.6 is 27.5 Å². The van der Waals surface area contributed by atoms with Gasteiger partial charge < -0.3 is 19.7 Å². The van der Waals surface area contributed by atoms with Crippen LogP contribution < -0.4 is 5.32 Å². The Labute approximate surface area is 253 Å². The Kier molecular flexibility index (Phi) is 10.4. The highest BCUT2D eigenvalue weighted by Crippen LogP contribution is 2.45. The first-order valence-electron chi connectivity index (χ1n) is 15.6. The number of hydrogen-bond donors (Lipinski definition) is 1. The van der Waals surface area contributed by atoms with Crippen LogP contribution in [-0.2, 0) is 14.3 Å². The number of nitrogens with zero attached hydrogens (tertiary/aromatic N) is 3. The smallest absolute Gasteiger partial charge is 0.326 e. The van der Waals surface area contributed by atoms with Crippen molar-refractivity contribution in [3.8, 4) is 0 Å². The van der Waals surface area contributed by atoms with Crippen molar-refractivity contribution in [1.82, 2.24) is 15.1 Å². The second-order valence-electron chi connectivity index (χ2n) is 12.9. The fourth-order valence-corrected chi connectivity index (χ4v) is 8.65. The molecule has 0 aromatic rings. The molecule has 10 heteroatoms. The second-order valence-corrected chi connectivity index (χ2v) is 14.8. The molecule has 1 N–H and O–H groups in total. The van der Waals surface area contributed by atoms with E-state index in [9.17, 15) is 9.59 Å². The van der Waals surface area contributed by atoms with Crippen LogP contribution in [0.1, 0.15) is 84.5 Å². The van der Waals surface area contributed by atoms with Crippen LogP contribution in [-0.4, -0.2) is 94.9 Å². The van der Waals surface area contributed by atoms with Crippen molar-refractivity contribution in [2.24, 2.45) is 22.7 Å². The molecule has 2 aliphatic heterocycles. The zero-order valence-corrected chi connectivity index (χ0v) is 26.7. The number of piperazine rings is 1. The summed E-state index contributed by atoms with van der Waals surface area (Å²) >= 11 is 10.4. The highest BCUT2D eigenvalue weighted by atomic mass is 79.9. The van der Waals surface area contributed by atoms with Gasteiger partial charge in [0.15, 0.2) is 0 Å². The van der Waals surface area contributed by atoms with Gasteiger partial charge in [0.2, 0.25) is 5.91 Å². The summed E-state index contributed by atoms with van der Waals surface area (Å²) in [7, 11) is 1.78. The van der Waals surface area contributed by atoms with E-state index in [1.807, 2.05) is 0 Å². The molecule has 3 amide bonds. The second kappa shape index (κ2) is 13.6. The van der Waals surface area contributed by atoms with Gasteiger partial charge >= 0.3 is 6.03 Å². The molecule has 40 heavy (non-hydrogen) atoms. The maximum Gasteiger partial charge on any atom is 0.326 e. The third-order valence-electron chi connectivity index (χ3n) is 9.92. The van der Waals surface area contributed by atoms with E-state index in [4.69, 9.17) is 26.1 Å². The number of ether oxygens (including phenoxy) is 2. The monoisotopic (exact) mass is 642 g/mol. The maximum absolute atomic E-state index is 14.5. The molecular weight excluding hydrogens is 596 g/mol. The number of amides is 3. The first-order valence-corrected chi connectivity index (χ1v) is 17.0. The van der Waals surface area contributed by atoms with Crippen molar-refractivity contribution in [3.63, 3.8) is 0 Å². The number of carbonyl (C=O) groups excluding carboxylic acids is 2. The molecule has 0 spiro atoms. The van der Waals surface area contributed by atoms with Crippen LogP contribution in [0.2, 0.25) is 0 Å². The van der Waals surface area contributed by atoms with Crippen molar-refractivity contribution < 1.29 is 19.1 Å². The minimum atomic E-state index is -0.0923. The first kappa shape index (κ1) is 30.6. The number of urea groups is 1. The van der Waals surface area contributed by atoms with E-state index in [0.29, 0.717) is 29.8 Å². The van der Waals surface area contributed by atoms with Gasteiger partial charge in [0, 0.05) is 42.7 Å². The van der Waals surface area contributed by atoms with Gasteiger partial charge in [-0.25, -0.2) is 4.79 Å². The molecule has 8 nitrogen and oxygen atoms in total. The van der Waals surface area contributed by atoms with Crippen LogP contribution in [0.15, 0.2) is 4.99 Å². The van der Waals surface area contributed by atoms with Crippen molar-refractivity contribution in [2.75, 3.05) is 26.7 Å². The Morgan fingerprint density at radius 1 is 1.05 bits per heavy atom. The number of methoxy groups -OCH3 is 1. The lowest BCUT2D eigenvalue weighted by molar-refractivity contribution is -0.123. The third-order valence-corrected chi connectivity index (χ3v) is 11.3. The topological polar surface area (TPSA) is 83.5 Å². The number of hydrogen-bond acceptors (Lipinski definition) is 5. The lowest BCUT2D eigenvalue weighted by Crippen LogP contribution is -2.60. The summed E-state index contributed by atoms with van der Waals surface area (Å²) in [5.41, 5.74) is 0. The summed E-state index contributed by atoms with van der Waals surface area (Å²) in [6.45, 7) is 5.27. The van der Waals surface area contributed by atoms with Gasteiger partial charge in [-0.3, -0.25) is 14.7 Å². The summed E-state index contributed by atoms with van der Waals surface area (Å²) in [4.78, 5) is 36.9. The standard InChI is InChI=1S/C30H48BrClN4O4/c1-18(2)40-25-16-23(39-3)12-13-24(25)29-34-27(19-4-8-21(31)9-5-19)28(20-6-10-22(32)11-7-20)36(29)30(38)35-15-14-33-26(37)17-35/h18-25,27-28H,4-17H2,1-3H3,(H,33,37). The average molecular weight is 644 g/mol. The van der Waals surface area contributed by atoms with Crippen LogP contribution in [0.3, 0.4) is 0 Å². The van der Waals surface area contributed by atoms with E-state index in [1.54, 1.807) is 12.0 Å². The molecule has 4 fully saturated rings. The summed E-state index contributed by atoms with van der Waals surface area (Å²) in [5.74, 6) is 1.64. The lowest BCUT2D eigenvalue weighted by atomic mass is 9.74. The molecule has 3 aliphatic carbocycles. The minimum absolute atomic E-state index is 0.00776. The average Bonchev–Trinajstić information content (AvgIpc) is 3.33. The number of alkyl halides is 2. The lowest BCUT2D eigenvalue weighted by Gasteiger charge is -2.44. The summed E-state index contributed by atoms with van der Waals surface area (Å²) in [6, 6.07) is 0.0307. The number of rotatable bonds is 6. The number of aliphatic imine (C=N–C) groups is 1. The van der Waals surface area contributed by atoms with Crippen molar-refractivity contribution in [1.29, 1.82) is 0 Å². The Morgan fingerprint density at radius 3 is 2.40 bits per heavy atom. The number of nitrogens with one attached hydrogen (secondary N) is 1. The predicted octanol–water partition coefficient (Wildman–Crippen LogP) is 5.35. The number of carbonyl (C=O) groups is 2. The van der Waals surface area contributed by atoms with Crippen molar-refractivity contribution >= 4 is 45.3 Å². The zero-order valence-electron chi connectivity index (χ0n) is 24.4. The Bertz CT molecular complexity index is 921. The SMILES string of the molecule is COC1CCC(C2=NC(C3CCC(Br)CC3)C(C3CCC(Cl)CC3)N2C(=O)N2CCNC(=O)C2)C(OC(C)C)C1. The Hall–Kier alpha value is -0.900. The summed E-state index contributed by atoms with van der Waals surface area (Å²) in [6.07, 6.45) is 11.3. The fourth-order valence-electron chi connectivity index (χ4n) is 7.87. The molecule has 0 bridgehead atoms. The van der Waals surface area contributed by atoms with E-state index < -0.39 is 0 Å². The molecule has 5 aliphatic rings. The highest BCUT2D eigenvalue weighted by molar-refractivity contribution is 9.09. The van der Waals surface area contributed by atoms with Gasteiger partial charge in [0.1, 0.15) is 12.4 Å². The molecule has 0 aromatic heterocycles. The predicted molar refractivity (Wildman–Crippen MR) is 161 cm³/mol. The molecule has 2 heterocycles. The van der Waals surface area contributed by atoms with E-state index in [-0.39, 0.29) is 60.2 Å². The van der Waals surface area contributed by atoms with E-state index in [1.165, 1.54) is 0 Å².